The van der Waals surface area contributed by atoms with E-state index in [9.17, 15) is 22.8 Å². The number of halogens is 3. The second-order valence-corrected chi connectivity index (χ2v) is 6.65. The first kappa shape index (κ1) is 17.8. The highest BCUT2D eigenvalue weighted by Gasteiger charge is 2.34. The van der Waals surface area contributed by atoms with Crippen molar-refractivity contribution in [3.8, 4) is 0 Å². The fourth-order valence-electron chi connectivity index (χ4n) is 3.45. The average Bonchev–Trinajstić information content (AvgIpc) is 3.05. The molecule has 0 aliphatic carbocycles. The van der Waals surface area contributed by atoms with Crippen LogP contribution in [0.4, 0.5) is 13.2 Å². The number of carbonyl (C=O) groups is 2. The van der Waals surface area contributed by atoms with Crippen LogP contribution in [0, 0.1) is 0 Å². The van der Waals surface area contributed by atoms with Crippen molar-refractivity contribution in [3.05, 3.63) is 18.0 Å². The van der Waals surface area contributed by atoms with Crippen LogP contribution in [0.1, 0.15) is 50.3 Å². The minimum Gasteiger partial charge on any atom is -0.353 e. The number of hydrogen-bond donors (Lipinski definition) is 1. The highest BCUT2D eigenvalue weighted by atomic mass is 19.4. The summed E-state index contributed by atoms with van der Waals surface area (Å²) in [5, 5.41) is 6.45. The largest absolute Gasteiger partial charge is 0.435 e. The van der Waals surface area contributed by atoms with Crippen molar-refractivity contribution in [3.63, 3.8) is 0 Å². The quantitative estimate of drug-likeness (QED) is 0.900. The first-order valence-corrected chi connectivity index (χ1v) is 8.52. The van der Waals surface area contributed by atoms with E-state index < -0.39 is 11.9 Å². The lowest BCUT2D eigenvalue weighted by Gasteiger charge is -2.33. The van der Waals surface area contributed by atoms with Gasteiger partial charge in [-0.3, -0.25) is 14.3 Å². The summed E-state index contributed by atoms with van der Waals surface area (Å²) in [7, 11) is 0. The number of likely N-dealkylation sites (tertiary alicyclic amines) is 1. The molecule has 138 valence electrons. The molecule has 1 aromatic rings. The van der Waals surface area contributed by atoms with Crippen molar-refractivity contribution in [1.82, 2.24) is 20.0 Å². The summed E-state index contributed by atoms with van der Waals surface area (Å²) < 4.78 is 39.2. The smallest absolute Gasteiger partial charge is 0.353 e. The number of hydrogen-bond acceptors (Lipinski definition) is 3. The normalized spacial score (nSPS) is 22.8. The molecule has 25 heavy (non-hydrogen) atoms. The Morgan fingerprint density at radius 2 is 2.00 bits per heavy atom. The van der Waals surface area contributed by atoms with Gasteiger partial charge in [0.1, 0.15) is 0 Å². The molecule has 0 radical (unpaired) electrons. The summed E-state index contributed by atoms with van der Waals surface area (Å²) in [6.45, 7) is 0.983. The van der Waals surface area contributed by atoms with E-state index in [0.29, 0.717) is 32.4 Å². The zero-order valence-electron chi connectivity index (χ0n) is 13.8. The van der Waals surface area contributed by atoms with Gasteiger partial charge in [0.25, 0.3) is 0 Å². The monoisotopic (exact) mass is 358 g/mol. The van der Waals surface area contributed by atoms with Gasteiger partial charge in [-0.05, 0) is 31.7 Å². The summed E-state index contributed by atoms with van der Waals surface area (Å²) in [5.74, 6) is -0.0241. The summed E-state index contributed by atoms with van der Waals surface area (Å²) >= 11 is 0. The molecule has 6 nitrogen and oxygen atoms in total. The van der Waals surface area contributed by atoms with E-state index in [1.807, 2.05) is 0 Å². The Balaban J connectivity index is 1.50. The van der Waals surface area contributed by atoms with Gasteiger partial charge in [-0.25, -0.2) is 0 Å². The third-order valence-electron chi connectivity index (χ3n) is 4.83. The van der Waals surface area contributed by atoms with Crippen molar-refractivity contribution in [2.24, 2.45) is 0 Å². The molecule has 0 bridgehead atoms. The number of aromatic nitrogens is 2. The number of piperidine rings is 2. The summed E-state index contributed by atoms with van der Waals surface area (Å²) in [6, 6.07) is 0.741. The Kier molecular flexibility index (Phi) is 5.01. The molecule has 2 amide bonds. The molecule has 3 rings (SSSR count). The Labute approximate surface area is 143 Å². The van der Waals surface area contributed by atoms with E-state index in [1.54, 1.807) is 4.90 Å². The van der Waals surface area contributed by atoms with Crippen LogP contribution in [0.15, 0.2) is 12.3 Å². The molecule has 1 atom stereocenters. The highest BCUT2D eigenvalue weighted by Crippen LogP contribution is 2.29. The van der Waals surface area contributed by atoms with E-state index in [2.05, 4.69) is 10.4 Å². The first-order chi connectivity index (χ1) is 11.8. The van der Waals surface area contributed by atoms with Crippen molar-refractivity contribution in [2.45, 2.75) is 56.8 Å². The molecule has 2 aliphatic heterocycles. The van der Waals surface area contributed by atoms with Gasteiger partial charge in [0.05, 0.1) is 6.04 Å². The first-order valence-electron chi connectivity index (χ1n) is 8.52. The van der Waals surface area contributed by atoms with Crippen LogP contribution in [0.5, 0.6) is 0 Å². The van der Waals surface area contributed by atoms with Gasteiger partial charge in [0, 0.05) is 38.2 Å². The zero-order chi connectivity index (χ0) is 18.0. The summed E-state index contributed by atoms with van der Waals surface area (Å²) in [4.78, 5) is 25.5. The average molecular weight is 358 g/mol. The zero-order valence-corrected chi connectivity index (χ0v) is 13.8. The van der Waals surface area contributed by atoms with E-state index in [4.69, 9.17) is 0 Å². The second-order valence-electron chi connectivity index (χ2n) is 6.65. The van der Waals surface area contributed by atoms with Crippen LogP contribution in [0.25, 0.3) is 0 Å². The number of nitrogens with one attached hydrogen (secondary N) is 1. The minimum absolute atomic E-state index is 0.0119. The van der Waals surface area contributed by atoms with Crippen molar-refractivity contribution < 1.29 is 22.8 Å². The van der Waals surface area contributed by atoms with E-state index in [0.717, 1.165) is 18.9 Å². The minimum atomic E-state index is -4.44. The van der Waals surface area contributed by atoms with E-state index in [-0.39, 0.29) is 30.3 Å². The maximum Gasteiger partial charge on any atom is 0.435 e. The second kappa shape index (κ2) is 7.05. The van der Waals surface area contributed by atoms with Crippen LogP contribution in [0.3, 0.4) is 0 Å². The number of alkyl halides is 3. The molecule has 2 fully saturated rings. The Hall–Kier alpha value is -2.06. The standard InChI is InChI=1S/C16H21F3N4O2/c17-16(18,19)13-6-9-23(21-13)12-4-7-22(8-5-12)15(25)10-11-2-1-3-14(24)20-11/h6,9,11-12H,1-5,7-8,10H2,(H,20,24). The van der Waals surface area contributed by atoms with E-state index >= 15 is 0 Å². The van der Waals surface area contributed by atoms with Gasteiger partial charge in [-0.1, -0.05) is 0 Å². The fraction of sp³-hybridized carbons (Fsp3) is 0.688. The van der Waals surface area contributed by atoms with Crippen molar-refractivity contribution in [1.29, 1.82) is 0 Å². The van der Waals surface area contributed by atoms with E-state index in [1.165, 1.54) is 10.9 Å². The molecular weight excluding hydrogens is 337 g/mol. The number of amides is 2. The summed E-state index contributed by atoms with van der Waals surface area (Å²) in [6.07, 6.45) is 0.461. The van der Waals surface area contributed by atoms with Crippen LogP contribution in [0.2, 0.25) is 0 Å². The van der Waals surface area contributed by atoms with Gasteiger partial charge in [-0.2, -0.15) is 18.3 Å². The molecule has 0 aromatic carbocycles. The third kappa shape index (κ3) is 4.32. The Morgan fingerprint density at radius 3 is 2.60 bits per heavy atom. The number of nitrogens with zero attached hydrogens (tertiary/aromatic N) is 3. The van der Waals surface area contributed by atoms with Crippen LogP contribution < -0.4 is 5.32 Å². The van der Waals surface area contributed by atoms with Crippen molar-refractivity contribution in [2.75, 3.05) is 13.1 Å². The molecule has 9 heteroatoms. The van der Waals surface area contributed by atoms with Crippen molar-refractivity contribution >= 4 is 11.8 Å². The van der Waals surface area contributed by atoms with Gasteiger partial charge in [-0.15, -0.1) is 0 Å². The molecule has 1 unspecified atom stereocenters. The molecule has 1 N–H and O–H groups in total. The molecule has 0 spiro atoms. The summed E-state index contributed by atoms with van der Waals surface area (Å²) in [5.41, 5.74) is -0.890. The number of carbonyl (C=O) groups excluding carboxylic acids is 2. The molecular formula is C16H21F3N4O2. The molecule has 1 aromatic heterocycles. The predicted molar refractivity (Wildman–Crippen MR) is 82.5 cm³/mol. The molecule has 2 saturated heterocycles. The van der Waals surface area contributed by atoms with Crippen LogP contribution >= 0.6 is 0 Å². The van der Waals surface area contributed by atoms with Gasteiger partial charge < -0.3 is 10.2 Å². The SMILES string of the molecule is O=C1CCCC(CC(=O)N2CCC(n3ccc(C(F)(F)F)n3)CC2)N1. The maximum atomic E-state index is 12.6. The lowest BCUT2D eigenvalue weighted by Crippen LogP contribution is -2.45. The lowest BCUT2D eigenvalue weighted by atomic mass is 9.99. The Morgan fingerprint density at radius 1 is 1.28 bits per heavy atom. The van der Waals surface area contributed by atoms with Crippen LogP contribution in [-0.2, 0) is 15.8 Å². The van der Waals surface area contributed by atoms with Gasteiger partial charge in [0.2, 0.25) is 11.8 Å². The Bertz CT molecular complexity index is 636. The van der Waals surface area contributed by atoms with Gasteiger partial charge >= 0.3 is 6.18 Å². The highest BCUT2D eigenvalue weighted by molar-refractivity contribution is 5.80. The fourth-order valence-corrected chi connectivity index (χ4v) is 3.45. The topological polar surface area (TPSA) is 67.2 Å². The van der Waals surface area contributed by atoms with Gasteiger partial charge in [0.15, 0.2) is 5.69 Å². The maximum absolute atomic E-state index is 12.6. The molecule has 2 aliphatic rings. The predicted octanol–water partition coefficient (Wildman–Crippen LogP) is 2.12. The molecule has 3 heterocycles. The van der Waals surface area contributed by atoms with Crippen LogP contribution in [-0.4, -0.2) is 45.6 Å². The molecule has 0 saturated carbocycles. The third-order valence-corrected chi connectivity index (χ3v) is 4.83. The lowest BCUT2D eigenvalue weighted by molar-refractivity contribution is -0.141. The number of rotatable bonds is 3.